The van der Waals surface area contributed by atoms with Crippen LogP contribution in [0.4, 0.5) is 0 Å². The summed E-state index contributed by atoms with van der Waals surface area (Å²) < 4.78 is 4.86. The van der Waals surface area contributed by atoms with Crippen molar-refractivity contribution in [1.82, 2.24) is 0 Å². The number of ether oxygens (including phenoxy) is 1. The van der Waals surface area contributed by atoms with E-state index >= 15 is 0 Å². The fourth-order valence-electron chi connectivity index (χ4n) is 0.486. The minimum Gasteiger partial charge on any atom is -0.380 e. The molecule has 1 heterocycles. The van der Waals surface area contributed by atoms with E-state index in [1.807, 2.05) is 6.92 Å². The molecule has 1 fully saturated rings. The maximum absolute atomic E-state index is 7.07. The lowest BCUT2D eigenvalue weighted by atomic mass is 10.0. The zero-order valence-corrected chi connectivity index (χ0v) is 4.40. The quantitative estimate of drug-likeness (QED) is 0.481. The second kappa shape index (κ2) is 1.62. The van der Waals surface area contributed by atoms with E-state index in [-0.39, 0.29) is 0 Å². The third-order valence-electron chi connectivity index (χ3n) is 1.25. The van der Waals surface area contributed by atoms with E-state index < -0.39 is 0 Å². The van der Waals surface area contributed by atoms with E-state index in [1.54, 1.807) is 0 Å². The van der Waals surface area contributed by atoms with Gasteiger partial charge in [-0.3, -0.25) is 0 Å². The highest BCUT2D eigenvalue weighted by Gasteiger charge is 2.19. The lowest BCUT2D eigenvalue weighted by Gasteiger charge is -2.24. The van der Waals surface area contributed by atoms with Crippen LogP contribution in [-0.4, -0.2) is 18.9 Å². The minimum atomic E-state index is 0.444. The van der Waals surface area contributed by atoms with Gasteiger partial charge in [-0.25, -0.2) is 0 Å². The summed E-state index contributed by atoms with van der Waals surface area (Å²) in [5.74, 6) is 0.444. The summed E-state index contributed by atoms with van der Waals surface area (Å²) in [5.41, 5.74) is 0.756. The molecule has 7 heavy (non-hydrogen) atoms. The fraction of sp³-hybridized carbons (Fsp3) is 0.800. The Balaban J connectivity index is 2.27. The van der Waals surface area contributed by atoms with Gasteiger partial charge in [0.1, 0.15) is 0 Å². The van der Waals surface area contributed by atoms with Crippen molar-refractivity contribution in [2.45, 2.75) is 6.92 Å². The van der Waals surface area contributed by atoms with Crippen molar-refractivity contribution >= 4 is 5.71 Å². The van der Waals surface area contributed by atoms with Gasteiger partial charge in [-0.1, -0.05) is 0 Å². The summed E-state index contributed by atoms with van der Waals surface area (Å²) in [6.45, 7) is 3.37. The Hall–Kier alpha value is -0.370. The number of rotatable bonds is 1. The second-order valence-electron chi connectivity index (χ2n) is 1.92. The van der Waals surface area contributed by atoms with E-state index in [0.717, 1.165) is 18.9 Å². The predicted molar refractivity (Wildman–Crippen MR) is 27.7 cm³/mol. The van der Waals surface area contributed by atoms with Crippen molar-refractivity contribution < 1.29 is 4.74 Å². The number of nitrogens with one attached hydrogen (secondary N) is 1. The Morgan fingerprint density at radius 1 is 1.71 bits per heavy atom. The van der Waals surface area contributed by atoms with Crippen molar-refractivity contribution in [3.63, 3.8) is 0 Å². The van der Waals surface area contributed by atoms with Crippen molar-refractivity contribution in [3.05, 3.63) is 0 Å². The van der Waals surface area contributed by atoms with Gasteiger partial charge in [0.25, 0.3) is 0 Å². The molecule has 0 amide bonds. The molecule has 0 aromatic carbocycles. The maximum atomic E-state index is 7.07. The zero-order valence-electron chi connectivity index (χ0n) is 4.40. The van der Waals surface area contributed by atoms with Crippen molar-refractivity contribution in [1.29, 1.82) is 5.41 Å². The summed E-state index contributed by atoms with van der Waals surface area (Å²) in [7, 11) is 0. The maximum Gasteiger partial charge on any atom is 0.0568 e. The third kappa shape index (κ3) is 0.800. The summed E-state index contributed by atoms with van der Waals surface area (Å²) in [4.78, 5) is 0. The van der Waals surface area contributed by atoms with E-state index in [0.29, 0.717) is 5.92 Å². The van der Waals surface area contributed by atoms with Crippen LogP contribution in [0.3, 0.4) is 0 Å². The Labute approximate surface area is 43.0 Å². The van der Waals surface area contributed by atoms with Gasteiger partial charge in [0.15, 0.2) is 0 Å². The third-order valence-corrected chi connectivity index (χ3v) is 1.25. The van der Waals surface area contributed by atoms with Crippen molar-refractivity contribution in [2.24, 2.45) is 5.92 Å². The summed E-state index contributed by atoms with van der Waals surface area (Å²) >= 11 is 0. The first-order valence-electron chi connectivity index (χ1n) is 2.43. The molecule has 2 heteroatoms. The van der Waals surface area contributed by atoms with Gasteiger partial charge >= 0.3 is 0 Å². The average Bonchev–Trinajstić information content (AvgIpc) is 1.23. The molecule has 0 saturated carbocycles. The van der Waals surface area contributed by atoms with Crippen LogP contribution >= 0.6 is 0 Å². The van der Waals surface area contributed by atoms with Gasteiger partial charge in [-0.05, 0) is 6.92 Å². The molecule has 1 aliphatic rings. The molecule has 0 bridgehead atoms. The topological polar surface area (TPSA) is 33.1 Å². The zero-order chi connectivity index (χ0) is 5.28. The molecule has 0 spiro atoms. The highest BCUT2D eigenvalue weighted by atomic mass is 16.5. The lowest BCUT2D eigenvalue weighted by molar-refractivity contribution is 0.00131. The van der Waals surface area contributed by atoms with Gasteiger partial charge in [-0.2, -0.15) is 0 Å². The molecule has 1 aliphatic heterocycles. The number of hydrogen-bond donors (Lipinski definition) is 1. The molecule has 1 saturated heterocycles. The van der Waals surface area contributed by atoms with Crippen LogP contribution in [0.1, 0.15) is 6.92 Å². The van der Waals surface area contributed by atoms with Crippen LogP contribution in [-0.2, 0) is 4.74 Å². The molecule has 0 aromatic rings. The van der Waals surface area contributed by atoms with Gasteiger partial charge in [-0.15, -0.1) is 0 Å². The van der Waals surface area contributed by atoms with E-state index in [1.165, 1.54) is 0 Å². The van der Waals surface area contributed by atoms with E-state index in [4.69, 9.17) is 10.1 Å². The smallest absolute Gasteiger partial charge is 0.0568 e. The Morgan fingerprint density at radius 2 is 2.29 bits per heavy atom. The van der Waals surface area contributed by atoms with Crippen molar-refractivity contribution in [3.8, 4) is 0 Å². The van der Waals surface area contributed by atoms with E-state index in [9.17, 15) is 0 Å². The van der Waals surface area contributed by atoms with Gasteiger partial charge < -0.3 is 10.1 Å². The molecule has 1 N–H and O–H groups in total. The Kier molecular flexibility index (Phi) is 1.11. The van der Waals surface area contributed by atoms with Crippen LogP contribution in [0.2, 0.25) is 0 Å². The molecule has 0 atom stereocenters. The Morgan fingerprint density at radius 3 is 2.29 bits per heavy atom. The molecule has 0 unspecified atom stereocenters. The highest BCUT2D eigenvalue weighted by molar-refractivity contribution is 5.81. The van der Waals surface area contributed by atoms with Crippen LogP contribution in [0.15, 0.2) is 0 Å². The Bertz CT molecular complexity index is 86.1. The molecular weight excluding hydrogens is 90.1 g/mol. The summed E-state index contributed by atoms with van der Waals surface area (Å²) in [6.07, 6.45) is 0. The molecule has 40 valence electrons. The second-order valence-corrected chi connectivity index (χ2v) is 1.92. The lowest BCUT2D eigenvalue weighted by Crippen LogP contribution is -2.32. The van der Waals surface area contributed by atoms with Crippen molar-refractivity contribution in [2.75, 3.05) is 13.2 Å². The fourth-order valence-corrected chi connectivity index (χ4v) is 0.486. The van der Waals surface area contributed by atoms with Gasteiger partial charge in [0, 0.05) is 11.6 Å². The van der Waals surface area contributed by atoms with E-state index in [2.05, 4.69) is 0 Å². The van der Waals surface area contributed by atoms with Gasteiger partial charge in [0.2, 0.25) is 0 Å². The molecular formula is C5H9NO. The van der Waals surface area contributed by atoms with Crippen LogP contribution in [0, 0.1) is 11.3 Å². The molecule has 1 rings (SSSR count). The molecule has 0 aromatic heterocycles. The largest absolute Gasteiger partial charge is 0.380 e. The SMILES string of the molecule is CC(=N)C1COC1. The van der Waals surface area contributed by atoms with Crippen LogP contribution in [0.5, 0.6) is 0 Å². The first-order valence-corrected chi connectivity index (χ1v) is 2.43. The number of hydrogen-bond acceptors (Lipinski definition) is 2. The average molecular weight is 99.1 g/mol. The van der Waals surface area contributed by atoms with Crippen LogP contribution in [0.25, 0.3) is 0 Å². The highest BCUT2D eigenvalue weighted by Crippen LogP contribution is 2.09. The molecule has 2 nitrogen and oxygen atoms in total. The van der Waals surface area contributed by atoms with Gasteiger partial charge in [0.05, 0.1) is 13.2 Å². The normalized spacial score (nSPS) is 21.3. The first kappa shape index (κ1) is 4.78. The predicted octanol–water partition coefficient (Wildman–Crippen LogP) is 0.672. The molecule has 0 aliphatic carbocycles. The summed E-state index contributed by atoms with van der Waals surface area (Å²) in [6, 6.07) is 0. The first-order chi connectivity index (χ1) is 3.30. The molecule has 0 radical (unpaired) electrons. The minimum absolute atomic E-state index is 0.444. The standard InChI is InChI=1S/C5H9NO/c1-4(6)5-2-7-3-5/h5-6H,2-3H2,1H3. The monoisotopic (exact) mass is 99.1 g/mol. The summed E-state index contributed by atoms with van der Waals surface area (Å²) in [5, 5.41) is 7.07. The van der Waals surface area contributed by atoms with Crippen LogP contribution < -0.4 is 0 Å².